The number of carbonyl (C=O) groups is 1. The minimum Gasteiger partial charge on any atom is -0.337 e. The largest absolute Gasteiger partial charge is 0.337 e. The smallest absolute Gasteiger partial charge is 0.224 e. The lowest BCUT2D eigenvalue weighted by atomic mass is 10.1. The summed E-state index contributed by atoms with van der Waals surface area (Å²) in [6.07, 6.45) is 10.2. The fraction of sp³-hybridized carbons (Fsp3) is 0.143. The number of pyridine rings is 3. The first-order valence-electron chi connectivity index (χ1n) is 12.3. The number of carbonyl (C=O) groups excluding carboxylic acids is 1. The molecule has 0 aliphatic heterocycles. The Morgan fingerprint density at radius 2 is 1.87 bits per heavy atom. The first-order valence-corrected chi connectivity index (χ1v) is 12.3. The van der Waals surface area contributed by atoms with Crippen molar-refractivity contribution in [3.63, 3.8) is 0 Å². The van der Waals surface area contributed by atoms with Gasteiger partial charge >= 0.3 is 0 Å². The van der Waals surface area contributed by atoms with Crippen LogP contribution in [0.25, 0.3) is 55.8 Å². The third-order valence-electron chi connectivity index (χ3n) is 6.33. The summed E-state index contributed by atoms with van der Waals surface area (Å²) in [4.78, 5) is 32.8. The molecule has 6 rings (SSSR count). The summed E-state index contributed by atoms with van der Waals surface area (Å²) in [6, 6.07) is 11.3. The molecule has 0 fully saturated rings. The number of hydrogen-bond acceptors (Lipinski definition) is 6. The number of anilines is 1. The number of nitrogens with one attached hydrogen (secondary N) is 3. The van der Waals surface area contributed by atoms with Crippen LogP contribution in [0.2, 0.25) is 0 Å². The van der Waals surface area contributed by atoms with Gasteiger partial charge in [0.05, 0.1) is 40.0 Å². The molecule has 188 valence electrons. The second-order valence-electron chi connectivity index (χ2n) is 8.92. The van der Waals surface area contributed by atoms with E-state index in [2.05, 4.69) is 35.5 Å². The third-order valence-corrected chi connectivity index (χ3v) is 6.33. The van der Waals surface area contributed by atoms with Crippen molar-refractivity contribution in [3.05, 3.63) is 73.2 Å². The van der Waals surface area contributed by atoms with Crippen molar-refractivity contribution in [1.29, 1.82) is 0 Å². The molecule has 0 aliphatic carbocycles. The lowest BCUT2D eigenvalue weighted by Crippen LogP contribution is -2.11. The molecule has 0 unspecified atom stereocenters. The molecule has 5 aromatic heterocycles. The molecule has 0 radical (unpaired) electrons. The van der Waals surface area contributed by atoms with Gasteiger partial charge in [0.2, 0.25) is 5.91 Å². The van der Waals surface area contributed by atoms with Crippen LogP contribution in [-0.4, -0.2) is 41.0 Å². The maximum atomic E-state index is 16.0. The second kappa shape index (κ2) is 9.81. The SMILES string of the molecule is CCCCC(=O)Nc1cncc(-c2ncc3[nH]nc(-c4nc5c(-c6ccncc6)cccc5[nH]4)c3c2F)c1. The van der Waals surface area contributed by atoms with Crippen molar-refractivity contribution in [1.82, 2.24) is 35.1 Å². The topological polar surface area (TPSA) is 125 Å². The average molecular weight is 507 g/mol. The van der Waals surface area contributed by atoms with Gasteiger partial charge in [-0.15, -0.1) is 0 Å². The molecule has 0 saturated carbocycles. The molecule has 0 aliphatic rings. The van der Waals surface area contributed by atoms with Gasteiger partial charge in [0.25, 0.3) is 0 Å². The molecule has 1 amide bonds. The van der Waals surface area contributed by atoms with Crippen molar-refractivity contribution in [2.24, 2.45) is 0 Å². The number of aromatic amines is 2. The summed E-state index contributed by atoms with van der Waals surface area (Å²) >= 11 is 0. The zero-order chi connectivity index (χ0) is 26.1. The molecule has 0 saturated heterocycles. The molecule has 0 spiro atoms. The monoisotopic (exact) mass is 506 g/mol. The van der Waals surface area contributed by atoms with E-state index in [1.165, 1.54) is 18.6 Å². The number of rotatable bonds is 7. The Bertz CT molecular complexity index is 1780. The van der Waals surface area contributed by atoms with Crippen LogP contribution < -0.4 is 5.32 Å². The zero-order valence-corrected chi connectivity index (χ0v) is 20.5. The Labute approximate surface area is 216 Å². The van der Waals surface area contributed by atoms with Gasteiger partial charge in [0.15, 0.2) is 11.6 Å². The highest BCUT2D eigenvalue weighted by Crippen LogP contribution is 2.34. The highest BCUT2D eigenvalue weighted by atomic mass is 19.1. The number of fused-ring (bicyclic) bond motifs is 2. The number of nitrogens with zero attached hydrogens (tertiary/aromatic N) is 5. The predicted molar refractivity (Wildman–Crippen MR) is 144 cm³/mol. The van der Waals surface area contributed by atoms with Crippen molar-refractivity contribution in [2.75, 3.05) is 5.32 Å². The maximum absolute atomic E-state index is 16.0. The first-order chi connectivity index (χ1) is 18.6. The van der Waals surface area contributed by atoms with Crippen LogP contribution in [0, 0.1) is 5.82 Å². The van der Waals surface area contributed by atoms with Crippen LogP contribution in [0.1, 0.15) is 26.2 Å². The number of imidazole rings is 1. The van der Waals surface area contributed by atoms with E-state index < -0.39 is 5.82 Å². The summed E-state index contributed by atoms with van der Waals surface area (Å²) in [7, 11) is 0. The third kappa shape index (κ3) is 4.26. The molecule has 3 N–H and O–H groups in total. The number of hydrogen-bond donors (Lipinski definition) is 3. The van der Waals surface area contributed by atoms with Gasteiger partial charge in [-0.05, 0) is 36.2 Å². The van der Waals surface area contributed by atoms with Crippen molar-refractivity contribution >= 4 is 33.5 Å². The highest BCUT2D eigenvalue weighted by molar-refractivity contribution is 5.98. The van der Waals surface area contributed by atoms with Gasteiger partial charge in [-0.1, -0.05) is 25.5 Å². The van der Waals surface area contributed by atoms with E-state index in [0.29, 0.717) is 34.7 Å². The number of unbranched alkanes of at least 4 members (excludes halogenated alkanes) is 1. The molecular weight excluding hydrogens is 483 g/mol. The number of halogens is 1. The summed E-state index contributed by atoms with van der Waals surface area (Å²) < 4.78 is 16.0. The van der Waals surface area contributed by atoms with Gasteiger partial charge in [-0.3, -0.25) is 24.8 Å². The summed E-state index contributed by atoms with van der Waals surface area (Å²) in [5.41, 5.74) is 5.26. The van der Waals surface area contributed by atoms with Crippen LogP contribution in [-0.2, 0) is 4.79 Å². The molecule has 1 aromatic carbocycles. The second-order valence-corrected chi connectivity index (χ2v) is 8.92. The van der Waals surface area contributed by atoms with E-state index in [-0.39, 0.29) is 17.0 Å². The Kier molecular flexibility index (Phi) is 6.04. The number of H-pyrrole nitrogens is 2. The lowest BCUT2D eigenvalue weighted by molar-refractivity contribution is -0.116. The van der Waals surface area contributed by atoms with Gasteiger partial charge < -0.3 is 10.3 Å². The minimum absolute atomic E-state index is 0.103. The Hall–Kier alpha value is -4.99. The van der Waals surface area contributed by atoms with E-state index in [0.717, 1.165) is 35.0 Å². The molecular formula is C28H23FN8O. The number of amides is 1. The van der Waals surface area contributed by atoms with E-state index in [4.69, 9.17) is 4.98 Å². The van der Waals surface area contributed by atoms with Crippen LogP contribution in [0.15, 0.2) is 67.4 Å². The highest BCUT2D eigenvalue weighted by Gasteiger charge is 2.21. The quantitative estimate of drug-likeness (QED) is 0.248. The normalized spacial score (nSPS) is 11.3. The Balaban J connectivity index is 1.41. The van der Waals surface area contributed by atoms with Crippen molar-refractivity contribution in [3.8, 4) is 33.9 Å². The zero-order valence-electron chi connectivity index (χ0n) is 20.5. The fourth-order valence-electron chi connectivity index (χ4n) is 4.46. The predicted octanol–water partition coefficient (Wildman–Crippen LogP) is 5.89. The Morgan fingerprint density at radius 1 is 1.00 bits per heavy atom. The molecule has 9 nitrogen and oxygen atoms in total. The molecule has 10 heteroatoms. The van der Waals surface area contributed by atoms with E-state index >= 15 is 4.39 Å². The van der Waals surface area contributed by atoms with Gasteiger partial charge in [-0.25, -0.2) is 9.37 Å². The summed E-state index contributed by atoms with van der Waals surface area (Å²) in [5.74, 6) is -0.237. The standard InChI is InChI=1S/C28H23FN8O/c1-2-3-7-22(38)33-18-12-17(13-31-14-18)25-24(29)23-21(15-32-25)36-37-27(23)28-34-20-6-4-5-19(26(20)35-28)16-8-10-30-11-9-16/h4-6,8-15H,2-3,7H2,1H3,(H,33,38)(H,34,35)(H,36,37). The number of para-hydroxylation sites is 1. The molecule has 0 bridgehead atoms. The van der Waals surface area contributed by atoms with Gasteiger partial charge in [0, 0.05) is 36.1 Å². The minimum atomic E-state index is -0.558. The van der Waals surface area contributed by atoms with E-state index in [1.807, 2.05) is 37.3 Å². The Morgan fingerprint density at radius 3 is 2.71 bits per heavy atom. The van der Waals surface area contributed by atoms with Crippen molar-refractivity contribution < 1.29 is 9.18 Å². The number of aromatic nitrogens is 7. The molecule has 0 atom stereocenters. The van der Waals surface area contributed by atoms with Crippen LogP contribution in [0.4, 0.5) is 10.1 Å². The van der Waals surface area contributed by atoms with E-state index in [1.54, 1.807) is 18.5 Å². The van der Waals surface area contributed by atoms with Crippen molar-refractivity contribution in [2.45, 2.75) is 26.2 Å². The van der Waals surface area contributed by atoms with Crippen LogP contribution in [0.5, 0.6) is 0 Å². The summed E-state index contributed by atoms with van der Waals surface area (Å²) in [5, 5.41) is 10.3. The van der Waals surface area contributed by atoms with E-state index in [9.17, 15) is 4.79 Å². The van der Waals surface area contributed by atoms with Gasteiger partial charge in [0.1, 0.15) is 11.4 Å². The van der Waals surface area contributed by atoms with Gasteiger partial charge in [-0.2, -0.15) is 5.10 Å². The number of benzene rings is 1. The van der Waals surface area contributed by atoms with Crippen LogP contribution in [0.3, 0.4) is 0 Å². The molecule has 38 heavy (non-hydrogen) atoms. The maximum Gasteiger partial charge on any atom is 0.224 e. The average Bonchev–Trinajstić information content (AvgIpc) is 3.57. The summed E-state index contributed by atoms with van der Waals surface area (Å²) in [6.45, 7) is 2.02. The lowest BCUT2D eigenvalue weighted by Gasteiger charge is -2.08. The molecule has 5 heterocycles. The van der Waals surface area contributed by atoms with Crippen LogP contribution >= 0.6 is 0 Å². The molecule has 6 aromatic rings. The fourth-order valence-corrected chi connectivity index (χ4v) is 4.46. The first kappa shape index (κ1) is 23.4.